The second-order valence-electron chi connectivity index (χ2n) is 2.89. The zero-order valence-corrected chi connectivity index (χ0v) is 8.89. The van der Waals surface area contributed by atoms with Gasteiger partial charge in [0.2, 0.25) is 12.0 Å². The van der Waals surface area contributed by atoms with Crippen LogP contribution in [0.4, 0.5) is 5.69 Å². The number of nitrogens with zero attached hydrogens (tertiary/aromatic N) is 1. The topological polar surface area (TPSA) is 95.5 Å². The number of carbonyl (C=O) groups is 1. The molecule has 1 aromatic carbocycles. The van der Waals surface area contributed by atoms with Gasteiger partial charge >= 0.3 is 0 Å². The minimum atomic E-state index is -1.15. The van der Waals surface area contributed by atoms with E-state index in [4.69, 9.17) is 22.1 Å². The summed E-state index contributed by atoms with van der Waals surface area (Å²) in [4.78, 5) is 20.8. The lowest BCUT2D eigenvalue weighted by Gasteiger charge is -2.11. The monoisotopic (exact) mass is 244 g/mol. The molecule has 6 nitrogen and oxygen atoms in total. The van der Waals surface area contributed by atoms with Gasteiger partial charge in [-0.2, -0.15) is 0 Å². The third kappa shape index (κ3) is 3.18. The van der Waals surface area contributed by atoms with Crippen molar-refractivity contribution < 1.29 is 14.5 Å². The van der Waals surface area contributed by atoms with Crippen molar-refractivity contribution in [2.75, 3.05) is 5.88 Å². The Morgan fingerprint density at radius 2 is 2.06 bits per heavy atom. The van der Waals surface area contributed by atoms with Crippen LogP contribution >= 0.6 is 11.6 Å². The number of ketones is 1. The Kier molecular flexibility index (Phi) is 4.21. The van der Waals surface area contributed by atoms with E-state index in [0.717, 1.165) is 0 Å². The molecule has 1 rings (SSSR count). The lowest BCUT2D eigenvalue weighted by molar-refractivity contribution is -0.384. The van der Waals surface area contributed by atoms with E-state index in [2.05, 4.69) is 0 Å². The van der Waals surface area contributed by atoms with Crippen molar-refractivity contribution in [3.8, 4) is 5.75 Å². The van der Waals surface area contributed by atoms with Gasteiger partial charge < -0.3 is 4.74 Å². The molecule has 0 radical (unpaired) electrons. The van der Waals surface area contributed by atoms with Crippen molar-refractivity contribution in [1.82, 2.24) is 0 Å². The summed E-state index contributed by atoms with van der Waals surface area (Å²) in [6, 6.07) is 5.24. The fourth-order valence-electron chi connectivity index (χ4n) is 0.935. The van der Waals surface area contributed by atoms with Gasteiger partial charge in [0, 0.05) is 12.1 Å². The summed E-state index contributed by atoms with van der Waals surface area (Å²) < 4.78 is 5.02. The Morgan fingerprint density at radius 1 is 1.50 bits per heavy atom. The smallest absolute Gasteiger partial charge is 0.269 e. The maximum Gasteiger partial charge on any atom is 0.269 e. The van der Waals surface area contributed by atoms with Crippen LogP contribution in [0.1, 0.15) is 0 Å². The summed E-state index contributed by atoms with van der Waals surface area (Å²) in [5.74, 6) is -0.426. The van der Waals surface area contributed by atoms with Crippen molar-refractivity contribution in [2.45, 2.75) is 6.23 Å². The van der Waals surface area contributed by atoms with E-state index < -0.39 is 16.9 Å². The standard InChI is InChI=1S/C9H9ClN2O4/c10-5-8(13)9(11)16-7-3-1-6(2-4-7)12(14)15/h1-4,9H,5,11H2. The fourth-order valence-corrected chi connectivity index (χ4v) is 1.09. The molecule has 7 heteroatoms. The van der Waals surface area contributed by atoms with E-state index in [-0.39, 0.29) is 17.3 Å². The van der Waals surface area contributed by atoms with E-state index in [9.17, 15) is 14.9 Å². The molecule has 1 unspecified atom stereocenters. The number of nitrogens with two attached hydrogens (primary N) is 1. The molecular weight excluding hydrogens is 236 g/mol. The van der Waals surface area contributed by atoms with Gasteiger partial charge in [-0.15, -0.1) is 11.6 Å². The molecule has 0 amide bonds. The Morgan fingerprint density at radius 3 is 2.50 bits per heavy atom. The predicted molar refractivity (Wildman–Crippen MR) is 57.4 cm³/mol. The summed E-state index contributed by atoms with van der Waals surface area (Å²) in [6.45, 7) is 0. The Labute approximate surface area is 96.1 Å². The SMILES string of the molecule is NC(Oc1ccc([N+](=O)[O-])cc1)C(=O)CCl. The Balaban J connectivity index is 2.68. The van der Waals surface area contributed by atoms with Crippen molar-refractivity contribution in [3.63, 3.8) is 0 Å². The minimum Gasteiger partial charge on any atom is -0.468 e. The fraction of sp³-hybridized carbons (Fsp3) is 0.222. The molecule has 0 aliphatic carbocycles. The number of hydrogen-bond donors (Lipinski definition) is 1. The normalized spacial score (nSPS) is 11.9. The number of rotatable bonds is 5. The molecule has 0 bridgehead atoms. The summed E-state index contributed by atoms with van der Waals surface area (Å²) in [6.07, 6.45) is -1.15. The van der Waals surface area contributed by atoms with Gasteiger partial charge in [0.15, 0.2) is 0 Å². The second-order valence-corrected chi connectivity index (χ2v) is 3.16. The maximum atomic E-state index is 11.0. The summed E-state index contributed by atoms with van der Waals surface area (Å²) in [5.41, 5.74) is 5.30. The molecule has 0 saturated heterocycles. The van der Waals surface area contributed by atoms with Gasteiger partial charge in [0.05, 0.1) is 10.8 Å². The number of halogens is 1. The van der Waals surface area contributed by atoms with Crippen molar-refractivity contribution >= 4 is 23.1 Å². The van der Waals surface area contributed by atoms with Gasteiger partial charge in [-0.3, -0.25) is 20.6 Å². The zero-order valence-electron chi connectivity index (χ0n) is 8.13. The first-order valence-electron chi connectivity index (χ1n) is 4.30. The summed E-state index contributed by atoms with van der Waals surface area (Å²) >= 11 is 5.28. The largest absolute Gasteiger partial charge is 0.468 e. The van der Waals surface area contributed by atoms with E-state index >= 15 is 0 Å². The molecule has 0 fully saturated rings. The molecule has 1 atom stereocenters. The summed E-state index contributed by atoms with van der Waals surface area (Å²) in [7, 11) is 0. The van der Waals surface area contributed by atoms with Crippen molar-refractivity contribution in [3.05, 3.63) is 34.4 Å². The molecule has 0 aromatic heterocycles. The molecule has 2 N–H and O–H groups in total. The lowest BCUT2D eigenvalue weighted by atomic mass is 10.3. The van der Waals surface area contributed by atoms with Crippen LogP contribution < -0.4 is 10.5 Å². The lowest BCUT2D eigenvalue weighted by Crippen LogP contribution is -2.37. The number of carbonyl (C=O) groups excluding carboxylic acids is 1. The number of non-ortho nitro benzene ring substituents is 1. The molecule has 0 saturated carbocycles. The maximum absolute atomic E-state index is 11.0. The highest BCUT2D eigenvalue weighted by Crippen LogP contribution is 2.17. The van der Waals surface area contributed by atoms with Gasteiger partial charge in [0.25, 0.3) is 5.69 Å². The molecule has 1 aromatic rings. The highest BCUT2D eigenvalue weighted by molar-refractivity contribution is 6.28. The average molecular weight is 245 g/mol. The Hall–Kier alpha value is -1.66. The number of benzene rings is 1. The Bertz CT molecular complexity index is 393. The zero-order chi connectivity index (χ0) is 12.1. The van der Waals surface area contributed by atoms with Crippen LogP contribution in [0.2, 0.25) is 0 Å². The predicted octanol–water partition coefficient (Wildman–Crippen LogP) is 1.07. The second kappa shape index (κ2) is 5.43. The molecule has 0 heterocycles. The first kappa shape index (κ1) is 12.4. The van der Waals surface area contributed by atoms with Crippen LogP contribution in [0.15, 0.2) is 24.3 Å². The third-order valence-electron chi connectivity index (χ3n) is 1.76. The van der Waals surface area contributed by atoms with Gasteiger partial charge in [-0.25, -0.2) is 0 Å². The third-order valence-corrected chi connectivity index (χ3v) is 2.02. The van der Waals surface area contributed by atoms with Crippen LogP contribution in [-0.4, -0.2) is 22.8 Å². The van der Waals surface area contributed by atoms with Gasteiger partial charge in [0.1, 0.15) is 5.75 Å². The quantitative estimate of drug-likeness (QED) is 0.362. The number of ether oxygens (including phenoxy) is 1. The van der Waals surface area contributed by atoms with Gasteiger partial charge in [-0.1, -0.05) is 0 Å². The van der Waals surface area contributed by atoms with Crippen LogP contribution in [0, 0.1) is 10.1 Å². The molecule has 86 valence electrons. The number of nitro benzene ring substituents is 1. The van der Waals surface area contributed by atoms with E-state index in [1.165, 1.54) is 24.3 Å². The molecule has 0 spiro atoms. The van der Waals surface area contributed by atoms with Crippen LogP contribution in [0.5, 0.6) is 5.75 Å². The van der Waals surface area contributed by atoms with Crippen molar-refractivity contribution in [1.29, 1.82) is 0 Å². The highest BCUT2D eigenvalue weighted by Gasteiger charge is 2.14. The van der Waals surface area contributed by atoms with E-state index in [0.29, 0.717) is 0 Å². The number of Topliss-reactive ketones (excluding diaryl/α,β-unsaturated/α-hetero) is 1. The van der Waals surface area contributed by atoms with Crippen LogP contribution in [-0.2, 0) is 4.79 Å². The number of nitro groups is 1. The molecular formula is C9H9ClN2O4. The highest BCUT2D eigenvalue weighted by atomic mass is 35.5. The first-order chi connectivity index (χ1) is 7.54. The average Bonchev–Trinajstić information content (AvgIpc) is 2.28. The minimum absolute atomic E-state index is 0.0652. The van der Waals surface area contributed by atoms with Crippen LogP contribution in [0.3, 0.4) is 0 Å². The van der Waals surface area contributed by atoms with E-state index in [1.807, 2.05) is 0 Å². The molecule has 16 heavy (non-hydrogen) atoms. The number of hydrogen-bond acceptors (Lipinski definition) is 5. The van der Waals surface area contributed by atoms with Gasteiger partial charge in [-0.05, 0) is 12.1 Å². The molecule has 0 aliphatic rings. The molecule has 0 aliphatic heterocycles. The summed E-state index contributed by atoms with van der Waals surface area (Å²) in [5, 5.41) is 10.4. The van der Waals surface area contributed by atoms with Crippen LogP contribution in [0.25, 0.3) is 0 Å². The first-order valence-corrected chi connectivity index (χ1v) is 4.83. The van der Waals surface area contributed by atoms with Crippen molar-refractivity contribution in [2.24, 2.45) is 5.73 Å². The van der Waals surface area contributed by atoms with E-state index in [1.54, 1.807) is 0 Å². The number of alkyl halides is 1.